The third kappa shape index (κ3) is 7.24. The summed E-state index contributed by atoms with van der Waals surface area (Å²) in [6, 6.07) is -2.18. The molecule has 1 saturated carbocycles. The fourth-order valence-electron chi connectivity index (χ4n) is 5.09. The molecule has 3 rings (SSSR count). The summed E-state index contributed by atoms with van der Waals surface area (Å²) in [5.74, 6) is -0.856. The van der Waals surface area contributed by atoms with Crippen molar-refractivity contribution in [2.75, 3.05) is 19.7 Å². The van der Waals surface area contributed by atoms with Crippen LogP contribution in [-0.2, 0) is 23.7 Å². The lowest BCUT2D eigenvalue weighted by molar-refractivity contribution is -0.339. The first kappa shape index (κ1) is 33.3. The Morgan fingerprint density at radius 3 is 2.25 bits per heavy atom. The second-order valence-corrected chi connectivity index (χ2v) is 10.5. The van der Waals surface area contributed by atoms with Crippen LogP contribution in [-0.4, -0.2) is 158 Å². The molecule has 40 heavy (non-hydrogen) atoms. The zero-order chi connectivity index (χ0) is 29.9. The van der Waals surface area contributed by atoms with Gasteiger partial charge >= 0.3 is 0 Å². The molecule has 2 aliphatic heterocycles. The Morgan fingerprint density at radius 2 is 1.65 bits per heavy atom. The van der Waals surface area contributed by atoms with E-state index in [-0.39, 0.29) is 32.4 Å². The highest BCUT2D eigenvalue weighted by molar-refractivity contribution is 5.80. The van der Waals surface area contributed by atoms with Gasteiger partial charge in [0, 0.05) is 19.0 Å². The standard InChI is InChI=1S/C22H43N5O13/c23-2-1-10(29)19(35)27-9-3-8(25)16(39-20-14(32)13(31)12(30)11(5-24)38-20)15(33)17(9)40-21-18(34)22(26,36)4-7(6-28)37-21/h7-18,20-21,28-34,36H,1-6,23-26H2,(H,27,35)/t7-,8-,9+,10-,11+,12+,13-,14+,15-,16+,17-,18-,20+,21+,22?/m0/s1. The van der Waals surface area contributed by atoms with Crippen LogP contribution in [0.4, 0.5) is 0 Å². The van der Waals surface area contributed by atoms with Crippen LogP contribution in [0, 0.1) is 0 Å². The highest BCUT2D eigenvalue weighted by Crippen LogP contribution is 2.33. The van der Waals surface area contributed by atoms with Crippen molar-refractivity contribution in [2.45, 2.75) is 111 Å². The maximum Gasteiger partial charge on any atom is 0.249 e. The van der Waals surface area contributed by atoms with Crippen LogP contribution in [0.25, 0.3) is 0 Å². The van der Waals surface area contributed by atoms with E-state index in [2.05, 4.69) is 5.32 Å². The minimum atomic E-state index is -2.24. The van der Waals surface area contributed by atoms with Crippen LogP contribution < -0.4 is 28.3 Å². The molecule has 15 atom stereocenters. The van der Waals surface area contributed by atoms with Crippen LogP contribution >= 0.6 is 0 Å². The van der Waals surface area contributed by atoms with E-state index >= 15 is 0 Å². The van der Waals surface area contributed by atoms with Crippen molar-refractivity contribution in [1.82, 2.24) is 5.32 Å². The molecule has 1 amide bonds. The number of ether oxygens (including phenoxy) is 4. The van der Waals surface area contributed by atoms with Gasteiger partial charge in [-0.15, -0.1) is 0 Å². The van der Waals surface area contributed by atoms with Crippen molar-refractivity contribution in [3.63, 3.8) is 0 Å². The SMILES string of the molecule is NCC[C@H](O)C(=O)N[C@@H]1C[C@H](N)[C@@H](O[C@H]2O[C@H](CN)[C@@H](O)[C@H](O)[C@H]2O)[C@H](O)[C@H]1O[C@H]1O[C@H](CO)CC(N)(O)[C@H]1O. The molecule has 1 aliphatic carbocycles. The van der Waals surface area contributed by atoms with Gasteiger partial charge in [-0.1, -0.05) is 0 Å². The monoisotopic (exact) mass is 585 g/mol. The van der Waals surface area contributed by atoms with E-state index in [1.165, 1.54) is 0 Å². The summed E-state index contributed by atoms with van der Waals surface area (Å²) >= 11 is 0. The molecular weight excluding hydrogens is 542 g/mol. The number of nitrogens with two attached hydrogens (primary N) is 4. The maximum absolute atomic E-state index is 12.6. The highest BCUT2D eigenvalue weighted by atomic mass is 16.7. The number of aliphatic hydroxyl groups excluding tert-OH is 7. The van der Waals surface area contributed by atoms with Crippen molar-refractivity contribution in [3.05, 3.63) is 0 Å². The van der Waals surface area contributed by atoms with Gasteiger partial charge < -0.3 is 88.1 Å². The van der Waals surface area contributed by atoms with Crippen LogP contribution in [0.2, 0.25) is 0 Å². The molecule has 18 heteroatoms. The van der Waals surface area contributed by atoms with E-state index in [1.54, 1.807) is 0 Å². The topological polar surface area (TPSA) is 332 Å². The largest absolute Gasteiger partial charge is 0.394 e. The van der Waals surface area contributed by atoms with E-state index in [4.69, 9.17) is 41.9 Å². The Labute approximate surface area is 229 Å². The Kier molecular flexibility index (Phi) is 11.6. The molecule has 0 spiro atoms. The van der Waals surface area contributed by atoms with Crippen molar-refractivity contribution in [3.8, 4) is 0 Å². The molecule has 3 fully saturated rings. The number of rotatable bonds is 10. The van der Waals surface area contributed by atoms with E-state index in [0.717, 1.165) is 0 Å². The van der Waals surface area contributed by atoms with Crippen LogP contribution in [0.3, 0.4) is 0 Å². The number of carbonyl (C=O) groups is 1. The summed E-state index contributed by atoms with van der Waals surface area (Å²) in [5.41, 5.74) is 20.7. The van der Waals surface area contributed by atoms with Crippen molar-refractivity contribution in [1.29, 1.82) is 0 Å². The summed E-state index contributed by atoms with van der Waals surface area (Å²) in [6.45, 7) is -0.820. The number of carbonyl (C=O) groups excluding carboxylic acids is 1. The fourth-order valence-corrected chi connectivity index (χ4v) is 5.09. The van der Waals surface area contributed by atoms with Gasteiger partial charge in [-0.05, 0) is 19.4 Å². The Balaban J connectivity index is 1.86. The number of hydrogen-bond acceptors (Lipinski definition) is 17. The van der Waals surface area contributed by atoms with Crippen LogP contribution in [0.5, 0.6) is 0 Å². The summed E-state index contributed by atoms with van der Waals surface area (Å²) in [5, 5.41) is 85.1. The van der Waals surface area contributed by atoms with Gasteiger partial charge in [-0.2, -0.15) is 0 Å². The minimum absolute atomic E-state index is 0.00499. The van der Waals surface area contributed by atoms with Crippen LogP contribution in [0.15, 0.2) is 0 Å². The summed E-state index contributed by atoms with van der Waals surface area (Å²) < 4.78 is 22.5. The molecule has 0 aromatic rings. The summed E-state index contributed by atoms with van der Waals surface area (Å²) in [4.78, 5) is 12.6. The third-order valence-electron chi connectivity index (χ3n) is 7.43. The first-order valence-electron chi connectivity index (χ1n) is 13.0. The van der Waals surface area contributed by atoms with E-state index in [1.807, 2.05) is 0 Å². The lowest BCUT2D eigenvalue weighted by Gasteiger charge is -2.49. The van der Waals surface area contributed by atoms with E-state index in [0.29, 0.717) is 0 Å². The molecule has 0 bridgehead atoms. The molecule has 2 heterocycles. The lowest BCUT2D eigenvalue weighted by atomic mass is 9.83. The third-order valence-corrected chi connectivity index (χ3v) is 7.43. The molecule has 17 N–H and O–H groups in total. The second-order valence-electron chi connectivity index (χ2n) is 10.5. The van der Waals surface area contributed by atoms with E-state index in [9.17, 15) is 45.6 Å². The first-order valence-corrected chi connectivity index (χ1v) is 13.0. The number of nitrogens with one attached hydrogen (secondary N) is 1. The normalized spacial score (nSPS) is 47.0. The Morgan fingerprint density at radius 1 is 1.00 bits per heavy atom. The number of hydrogen-bond donors (Lipinski definition) is 13. The fraction of sp³-hybridized carbons (Fsp3) is 0.955. The van der Waals surface area contributed by atoms with Gasteiger partial charge in [0.2, 0.25) is 5.91 Å². The average molecular weight is 586 g/mol. The molecule has 3 aliphatic rings. The zero-order valence-electron chi connectivity index (χ0n) is 21.8. The first-order chi connectivity index (χ1) is 18.7. The van der Waals surface area contributed by atoms with Crippen molar-refractivity contribution in [2.24, 2.45) is 22.9 Å². The van der Waals surface area contributed by atoms with E-state index < -0.39 is 104 Å². The van der Waals surface area contributed by atoms with Gasteiger partial charge in [0.05, 0.1) is 18.8 Å². The van der Waals surface area contributed by atoms with Gasteiger partial charge in [0.15, 0.2) is 12.6 Å². The summed E-state index contributed by atoms with van der Waals surface area (Å²) in [7, 11) is 0. The zero-order valence-corrected chi connectivity index (χ0v) is 21.8. The molecule has 0 aromatic heterocycles. The molecule has 0 aromatic carbocycles. The minimum Gasteiger partial charge on any atom is -0.394 e. The molecule has 2 saturated heterocycles. The maximum atomic E-state index is 12.6. The average Bonchev–Trinajstić information content (AvgIpc) is 2.90. The molecule has 1 unspecified atom stereocenters. The lowest BCUT2D eigenvalue weighted by Crippen LogP contribution is -2.70. The highest BCUT2D eigenvalue weighted by Gasteiger charge is 2.53. The second kappa shape index (κ2) is 13.9. The van der Waals surface area contributed by atoms with Gasteiger partial charge in [0.25, 0.3) is 0 Å². The summed E-state index contributed by atoms with van der Waals surface area (Å²) in [6.07, 6.45) is -19.0. The quantitative estimate of drug-likeness (QED) is 0.106. The predicted octanol–water partition coefficient (Wildman–Crippen LogP) is -8.08. The molecule has 0 radical (unpaired) electrons. The number of aliphatic hydroxyl groups is 8. The Bertz CT molecular complexity index is 828. The smallest absolute Gasteiger partial charge is 0.249 e. The molecular formula is C22H43N5O13. The van der Waals surface area contributed by atoms with Gasteiger partial charge in [-0.3, -0.25) is 4.79 Å². The van der Waals surface area contributed by atoms with Crippen LogP contribution in [0.1, 0.15) is 19.3 Å². The molecule has 234 valence electrons. The Hall–Kier alpha value is -1.17. The van der Waals surface area contributed by atoms with Gasteiger partial charge in [-0.25, -0.2) is 0 Å². The van der Waals surface area contributed by atoms with Crippen molar-refractivity contribution < 1.29 is 64.6 Å². The molecule has 18 nitrogen and oxygen atoms in total. The van der Waals surface area contributed by atoms with Gasteiger partial charge in [0.1, 0.15) is 60.7 Å². The van der Waals surface area contributed by atoms with Crippen molar-refractivity contribution >= 4 is 5.91 Å². The number of amides is 1. The predicted molar refractivity (Wildman–Crippen MR) is 131 cm³/mol.